The van der Waals surface area contributed by atoms with Gasteiger partial charge < -0.3 is 24.6 Å². The molecular formula is C18H31ClN4O3. The highest BCUT2D eigenvalue weighted by atomic mass is 35.5. The highest BCUT2D eigenvalue weighted by molar-refractivity contribution is 6.29. The lowest BCUT2D eigenvalue weighted by molar-refractivity contribution is -0.135. The molecule has 0 bridgehead atoms. The van der Waals surface area contributed by atoms with Crippen molar-refractivity contribution in [3.05, 3.63) is 17.2 Å². The van der Waals surface area contributed by atoms with Gasteiger partial charge >= 0.3 is 0 Å². The Balaban J connectivity index is 1.90. The molecule has 7 nitrogen and oxygen atoms in total. The largest absolute Gasteiger partial charge is 0.396 e. The number of aromatic nitrogens is 2. The van der Waals surface area contributed by atoms with Crippen LogP contribution in [0.3, 0.4) is 0 Å². The third-order valence-electron chi connectivity index (χ3n) is 5.19. The number of aliphatic hydroxyl groups excluding tert-OH is 2. The van der Waals surface area contributed by atoms with Crippen molar-refractivity contribution in [2.24, 2.45) is 0 Å². The van der Waals surface area contributed by atoms with E-state index in [9.17, 15) is 9.90 Å². The van der Waals surface area contributed by atoms with Gasteiger partial charge in [-0.25, -0.2) is 4.98 Å². The zero-order chi connectivity index (χ0) is 19.1. The van der Waals surface area contributed by atoms with Crippen molar-refractivity contribution in [3.63, 3.8) is 0 Å². The van der Waals surface area contributed by atoms with Crippen LogP contribution in [0.2, 0.25) is 5.15 Å². The first-order valence-electron chi connectivity index (χ1n) is 9.53. The molecule has 1 aromatic heterocycles. The van der Waals surface area contributed by atoms with Gasteiger partial charge in [-0.15, -0.1) is 0 Å². The van der Waals surface area contributed by atoms with Gasteiger partial charge in [-0.3, -0.25) is 4.79 Å². The SMILES string of the molecule is CCN(CC)C1CCN(C(=O)CC(O)c2ncc(Cl)n2CCCO)CC1. The van der Waals surface area contributed by atoms with Crippen molar-refractivity contribution in [3.8, 4) is 0 Å². The number of hydrogen-bond donors (Lipinski definition) is 2. The van der Waals surface area contributed by atoms with Crippen LogP contribution in [0.5, 0.6) is 0 Å². The van der Waals surface area contributed by atoms with E-state index in [1.165, 1.54) is 6.20 Å². The zero-order valence-corrected chi connectivity index (χ0v) is 16.5. The summed E-state index contributed by atoms with van der Waals surface area (Å²) < 4.78 is 1.66. The predicted octanol–water partition coefficient (Wildman–Crippen LogP) is 1.68. The second-order valence-corrected chi connectivity index (χ2v) is 7.11. The fraction of sp³-hybridized carbons (Fsp3) is 0.778. The van der Waals surface area contributed by atoms with E-state index in [1.807, 2.05) is 4.90 Å². The fourth-order valence-corrected chi connectivity index (χ4v) is 3.91. The summed E-state index contributed by atoms with van der Waals surface area (Å²) in [5.41, 5.74) is 0. The van der Waals surface area contributed by atoms with E-state index >= 15 is 0 Å². The quantitative estimate of drug-likeness (QED) is 0.674. The standard InChI is InChI=1S/C18H31ClN4O3/c1-3-21(4-2)14-6-9-22(10-7-14)17(26)12-15(25)18-20-13-16(19)23(18)8-5-11-24/h13-15,24-25H,3-12H2,1-2H3. The Hall–Kier alpha value is -1.15. The van der Waals surface area contributed by atoms with E-state index in [0.29, 0.717) is 30.0 Å². The molecule has 2 rings (SSSR count). The third kappa shape index (κ3) is 5.19. The normalized spacial score (nSPS) is 17.1. The minimum absolute atomic E-state index is 0.00238. The Bertz CT molecular complexity index is 569. The van der Waals surface area contributed by atoms with E-state index in [-0.39, 0.29) is 18.9 Å². The van der Waals surface area contributed by atoms with Gasteiger partial charge in [0.1, 0.15) is 17.1 Å². The Kier molecular flexibility index (Phi) is 8.34. The maximum atomic E-state index is 12.6. The third-order valence-corrected chi connectivity index (χ3v) is 5.49. The summed E-state index contributed by atoms with van der Waals surface area (Å²) in [6, 6.07) is 0.537. The van der Waals surface area contributed by atoms with Gasteiger partial charge in [0.15, 0.2) is 0 Å². The molecule has 148 valence electrons. The maximum Gasteiger partial charge on any atom is 0.225 e. The first kappa shape index (κ1) is 21.2. The minimum Gasteiger partial charge on any atom is -0.396 e. The molecule has 0 aliphatic carbocycles. The number of piperidine rings is 1. The second-order valence-electron chi connectivity index (χ2n) is 6.72. The summed E-state index contributed by atoms with van der Waals surface area (Å²) >= 11 is 6.09. The zero-order valence-electron chi connectivity index (χ0n) is 15.8. The fourth-order valence-electron chi connectivity index (χ4n) is 3.69. The van der Waals surface area contributed by atoms with Crippen molar-refractivity contribution >= 4 is 17.5 Å². The van der Waals surface area contributed by atoms with Gasteiger partial charge in [0.05, 0.1) is 12.6 Å². The van der Waals surface area contributed by atoms with Crippen LogP contribution in [0.4, 0.5) is 0 Å². The number of hydrogen-bond acceptors (Lipinski definition) is 5. The van der Waals surface area contributed by atoms with Crippen LogP contribution in [-0.4, -0.2) is 74.3 Å². The molecular weight excluding hydrogens is 356 g/mol. The molecule has 1 aromatic rings. The molecule has 8 heteroatoms. The number of likely N-dealkylation sites (tertiary alicyclic amines) is 1. The highest BCUT2D eigenvalue weighted by Gasteiger charge is 2.28. The van der Waals surface area contributed by atoms with Crippen LogP contribution in [0.25, 0.3) is 0 Å². The average molecular weight is 387 g/mol. The number of halogens is 1. The van der Waals surface area contributed by atoms with Gasteiger partial charge in [-0.2, -0.15) is 0 Å². The molecule has 0 radical (unpaired) electrons. The van der Waals surface area contributed by atoms with Crippen molar-refractivity contribution in [1.29, 1.82) is 0 Å². The van der Waals surface area contributed by atoms with Crippen LogP contribution >= 0.6 is 11.6 Å². The summed E-state index contributed by atoms with van der Waals surface area (Å²) in [6.45, 7) is 8.35. The molecule has 1 saturated heterocycles. The Morgan fingerprint density at radius 3 is 2.62 bits per heavy atom. The minimum atomic E-state index is -0.991. The van der Waals surface area contributed by atoms with Crippen molar-refractivity contribution in [1.82, 2.24) is 19.4 Å². The molecule has 2 heterocycles. The second kappa shape index (κ2) is 10.3. The summed E-state index contributed by atoms with van der Waals surface area (Å²) in [6.07, 6.45) is 2.94. The molecule has 1 fully saturated rings. The van der Waals surface area contributed by atoms with Crippen molar-refractivity contribution in [2.45, 2.75) is 58.2 Å². The summed E-state index contributed by atoms with van der Waals surface area (Å²) in [7, 11) is 0. The number of amides is 1. The molecule has 1 amide bonds. The predicted molar refractivity (Wildman–Crippen MR) is 101 cm³/mol. The first-order chi connectivity index (χ1) is 12.5. The summed E-state index contributed by atoms with van der Waals surface area (Å²) in [5.74, 6) is 0.332. The van der Waals surface area contributed by atoms with Gasteiger partial charge in [-0.05, 0) is 32.4 Å². The highest BCUT2D eigenvalue weighted by Crippen LogP contribution is 2.23. The van der Waals surface area contributed by atoms with Gasteiger partial charge in [0, 0.05) is 32.3 Å². The molecule has 1 unspecified atom stereocenters. The first-order valence-corrected chi connectivity index (χ1v) is 9.91. The number of carbonyl (C=O) groups excluding carboxylic acids is 1. The molecule has 1 atom stereocenters. The molecule has 1 aliphatic heterocycles. The molecule has 2 N–H and O–H groups in total. The molecule has 1 aliphatic rings. The smallest absolute Gasteiger partial charge is 0.225 e. The van der Waals surface area contributed by atoms with Crippen LogP contribution in [0, 0.1) is 0 Å². The number of carbonyl (C=O) groups is 1. The van der Waals surface area contributed by atoms with Crippen LogP contribution in [0.15, 0.2) is 6.20 Å². The van der Waals surface area contributed by atoms with Gasteiger partial charge in [-0.1, -0.05) is 25.4 Å². The van der Waals surface area contributed by atoms with Crippen molar-refractivity contribution in [2.75, 3.05) is 32.8 Å². The number of imidazole rings is 1. The Labute approximate surface area is 160 Å². The van der Waals surface area contributed by atoms with E-state index in [1.54, 1.807) is 4.57 Å². The lowest BCUT2D eigenvalue weighted by Gasteiger charge is -2.38. The van der Waals surface area contributed by atoms with Gasteiger partial charge in [0.2, 0.25) is 5.91 Å². The van der Waals surface area contributed by atoms with E-state index in [4.69, 9.17) is 16.7 Å². The lowest BCUT2D eigenvalue weighted by Crippen LogP contribution is -2.46. The van der Waals surface area contributed by atoms with E-state index in [2.05, 4.69) is 23.7 Å². The van der Waals surface area contributed by atoms with E-state index < -0.39 is 6.10 Å². The molecule has 0 spiro atoms. The number of nitrogens with zero attached hydrogens (tertiary/aromatic N) is 4. The lowest BCUT2D eigenvalue weighted by atomic mass is 10.0. The van der Waals surface area contributed by atoms with Gasteiger partial charge in [0.25, 0.3) is 0 Å². The molecule has 0 saturated carbocycles. The molecule has 0 aromatic carbocycles. The number of aliphatic hydroxyl groups is 2. The van der Waals surface area contributed by atoms with E-state index in [0.717, 1.165) is 39.0 Å². The number of rotatable bonds is 9. The van der Waals surface area contributed by atoms with Crippen LogP contribution < -0.4 is 0 Å². The summed E-state index contributed by atoms with van der Waals surface area (Å²) in [4.78, 5) is 21.0. The topological polar surface area (TPSA) is 81.8 Å². The average Bonchev–Trinajstić information content (AvgIpc) is 3.02. The molecule has 26 heavy (non-hydrogen) atoms. The summed E-state index contributed by atoms with van der Waals surface area (Å²) in [5, 5.41) is 19.9. The monoisotopic (exact) mass is 386 g/mol. The Morgan fingerprint density at radius 2 is 2.04 bits per heavy atom. The van der Waals surface area contributed by atoms with Crippen LogP contribution in [0.1, 0.15) is 51.5 Å². The van der Waals surface area contributed by atoms with Crippen LogP contribution in [-0.2, 0) is 11.3 Å². The van der Waals surface area contributed by atoms with Crippen molar-refractivity contribution < 1.29 is 15.0 Å². The maximum absolute atomic E-state index is 12.6. The Morgan fingerprint density at radius 1 is 1.38 bits per heavy atom.